The highest BCUT2D eigenvalue weighted by molar-refractivity contribution is 7.88. The lowest BCUT2D eigenvalue weighted by Gasteiger charge is -2.21. The van der Waals surface area contributed by atoms with Gasteiger partial charge in [-0.25, -0.2) is 8.42 Å². The average molecular weight is 288 g/mol. The third-order valence-electron chi connectivity index (χ3n) is 3.34. The van der Waals surface area contributed by atoms with Crippen molar-refractivity contribution in [3.05, 3.63) is 12.7 Å². The van der Waals surface area contributed by atoms with Gasteiger partial charge in [0.05, 0.1) is 12.8 Å². The number of carbonyl (C=O) groups is 1. The summed E-state index contributed by atoms with van der Waals surface area (Å²) in [5, 5.41) is 2.94. The van der Waals surface area contributed by atoms with Gasteiger partial charge in [0.25, 0.3) is 0 Å². The van der Waals surface area contributed by atoms with Crippen molar-refractivity contribution in [2.75, 3.05) is 19.3 Å². The van der Waals surface area contributed by atoms with E-state index in [1.165, 1.54) is 18.9 Å². The van der Waals surface area contributed by atoms with Gasteiger partial charge in [0.15, 0.2) is 0 Å². The maximum Gasteiger partial charge on any atom is 0.235 e. The number of hydrogen-bond donors (Lipinski definition) is 1. The van der Waals surface area contributed by atoms with Crippen LogP contribution >= 0.6 is 0 Å². The summed E-state index contributed by atoms with van der Waals surface area (Å²) in [5.74, 6) is -0.223. The maximum absolute atomic E-state index is 11.9. The molecule has 0 aromatic heterocycles. The standard InChI is InChI=1S/C13H24N2O3S/c1-3-10-15(19(2,17)18)11-13(16)14-12-8-6-4-5-7-9-12/h3,12H,1,4-11H2,2H3,(H,14,16). The van der Waals surface area contributed by atoms with Gasteiger partial charge in [0.2, 0.25) is 15.9 Å². The van der Waals surface area contributed by atoms with Crippen molar-refractivity contribution < 1.29 is 13.2 Å². The van der Waals surface area contributed by atoms with Crippen LogP contribution in [0.3, 0.4) is 0 Å². The van der Waals surface area contributed by atoms with Crippen LogP contribution in [0.25, 0.3) is 0 Å². The molecule has 1 N–H and O–H groups in total. The molecule has 0 aromatic carbocycles. The van der Waals surface area contributed by atoms with Crippen LogP contribution in [0, 0.1) is 0 Å². The molecular formula is C13H24N2O3S. The second kappa shape index (κ2) is 7.65. The average Bonchev–Trinajstić information content (AvgIpc) is 2.56. The third kappa shape index (κ3) is 6.20. The summed E-state index contributed by atoms with van der Waals surface area (Å²) in [5.41, 5.74) is 0. The predicted molar refractivity (Wildman–Crippen MR) is 76.2 cm³/mol. The smallest absolute Gasteiger partial charge is 0.235 e. The molecule has 0 aromatic rings. The van der Waals surface area contributed by atoms with E-state index in [0.717, 1.165) is 36.2 Å². The zero-order chi connectivity index (χ0) is 14.3. The van der Waals surface area contributed by atoms with Gasteiger partial charge >= 0.3 is 0 Å². The molecule has 5 nitrogen and oxygen atoms in total. The van der Waals surface area contributed by atoms with Gasteiger partial charge in [-0.1, -0.05) is 31.8 Å². The van der Waals surface area contributed by atoms with Crippen molar-refractivity contribution in [2.24, 2.45) is 0 Å². The Morgan fingerprint density at radius 3 is 2.37 bits per heavy atom. The molecule has 1 fully saturated rings. The summed E-state index contributed by atoms with van der Waals surface area (Å²) in [4.78, 5) is 11.9. The summed E-state index contributed by atoms with van der Waals surface area (Å²) >= 11 is 0. The third-order valence-corrected chi connectivity index (χ3v) is 4.56. The summed E-state index contributed by atoms with van der Waals surface area (Å²) in [6.07, 6.45) is 9.28. The van der Waals surface area contributed by atoms with E-state index in [1.807, 2.05) is 0 Å². The van der Waals surface area contributed by atoms with Crippen molar-refractivity contribution in [1.29, 1.82) is 0 Å². The van der Waals surface area contributed by atoms with Crippen molar-refractivity contribution in [1.82, 2.24) is 9.62 Å². The molecule has 0 saturated heterocycles. The topological polar surface area (TPSA) is 66.5 Å². The normalized spacial score (nSPS) is 18.0. The molecule has 1 saturated carbocycles. The summed E-state index contributed by atoms with van der Waals surface area (Å²) in [7, 11) is -3.37. The molecule has 1 aliphatic carbocycles. The van der Waals surface area contributed by atoms with Crippen LogP contribution in [-0.4, -0.2) is 44.0 Å². The monoisotopic (exact) mass is 288 g/mol. The Bertz CT molecular complexity index is 398. The van der Waals surface area contributed by atoms with Crippen LogP contribution in [0.5, 0.6) is 0 Å². The Hall–Kier alpha value is -0.880. The highest BCUT2D eigenvalue weighted by Gasteiger charge is 2.21. The molecule has 6 heteroatoms. The Kier molecular flexibility index (Phi) is 6.51. The Morgan fingerprint density at radius 2 is 1.89 bits per heavy atom. The molecular weight excluding hydrogens is 264 g/mol. The molecule has 0 atom stereocenters. The number of nitrogens with zero attached hydrogens (tertiary/aromatic N) is 1. The molecule has 0 unspecified atom stereocenters. The lowest BCUT2D eigenvalue weighted by molar-refractivity contribution is -0.122. The number of rotatable bonds is 6. The Balaban J connectivity index is 2.49. The first-order chi connectivity index (χ1) is 8.93. The Labute approximate surface area is 116 Å². The first-order valence-electron chi connectivity index (χ1n) is 6.79. The van der Waals surface area contributed by atoms with Gasteiger partial charge in [0.1, 0.15) is 0 Å². The zero-order valence-electron chi connectivity index (χ0n) is 11.6. The summed E-state index contributed by atoms with van der Waals surface area (Å²) in [6, 6.07) is 0.195. The fourth-order valence-corrected chi connectivity index (χ4v) is 3.05. The van der Waals surface area contributed by atoms with E-state index in [4.69, 9.17) is 0 Å². The van der Waals surface area contributed by atoms with Crippen molar-refractivity contribution >= 4 is 15.9 Å². The van der Waals surface area contributed by atoms with Crippen LogP contribution in [0.2, 0.25) is 0 Å². The lowest BCUT2D eigenvalue weighted by Crippen LogP contribution is -2.43. The van der Waals surface area contributed by atoms with Gasteiger partial charge in [0, 0.05) is 12.6 Å². The van der Waals surface area contributed by atoms with Gasteiger partial charge in [-0.3, -0.25) is 4.79 Å². The maximum atomic E-state index is 11.9. The van der Waals surface area contributed by atoms with Crippen LogP contribution < -0.4 is 5.32 Å². The SMILES string of the molecule is C=CCN(CC(=O)NC1CCCCCC1)S(C)(=O)=O. The van der Waals surface area contributed by atoms with Crippen LogP contribution in [0.4, 0.5) is 0 Å². The molecule has 0 heterocycles. The molecule has 1 rings (SSSR count). The van der Waals surface area contributed by atoms with Crippen LogP contribution in [0.1, 0.15) is 38.5 Å². The molecule has 19 heavy (non-hydrogen) atoms. The number of carbonyl (C=O) groups excluding carboxylic acids is 1. The highest BCUT2D eigenvalue weighted by Crippen LogP contribution is 2.17. The van der Waals surface area contributed by atoms with Gasteiger partial charge in [-0.15, -0.1) is 6.58 Å². The summed E-state index contributed by atoms with van der Waals surface area (Å²) in [6.45, 7) is 3.55. The van der Waals surface area contributed by atoms with Crippen molar-refractivity contribution in [3.8, 4) is 0 Å². The largest absolute Gasteiger partial charge is 0.352 e. The lowest BCUT2D eigenvalue weighted by atomic mass is 10.1. The van der Waals surface area contributed by atoms with Gasteiger partial charge in [-0.2, -0.15) is 4.31 Å². The van der Waals surface area contributed by atoms with E-state index in [0.29, 0.717) is 0 Å². The molecule has 110 valence electrons. The first-order valence-corrected chi connectivity index (χ1v) is 8.63. The number of sulfonamides is 1. The van der Waals surface area contributed by atoms with E-state index in [2.05, 4.69) is 11.9 Å². The van der Waals surface area contributed by atoms with Crippen LogP contribution in [0.15, 0.2) is 12.7 Å². The molecule has 0 radical (unpaired) electrons. The van der Waals surface area contributed by atoms with Gasteiger partial charge in [-0.05, 0) is 12.8 Å². The van der Waals surface area contributed by atoms with Gasteiger partial charge < -0.3 is 5.32 Å². The molecule has 1 aliphatic rings. The van der Waals surface area contributed by atoms with E-state index in [-0.39, 0.29) is 25.0 Å². The Morgan fingerprint density at radius 1 is 1.32 bits per heavy atom. The number of amides is 1. The molecule has 0 spiro atoms. The molecule has 1 amide bonds. The summed E-state index contributed by atoms with van der Waals surface area (Å²) < 4.78 is 24.1. The molecule has 0 aliphatic heterocycles. The number of hydrogen-bond acceptors (Lipinski definition) is 3. The van der Waals surface area contributed by atoms with E-state index in [1.54, 1.807) is 0 Å². The zero-order valence-corrected chi connectivity index (χ0v) is 12.4. The van der Waals surface area contributed by atoms with Crippen molar-refractivity contribution in [3.63, 3.8) is 0 Å². The molecule has 0 bridgehead atoms. The first kappa shape index (κ1) is 16.2. The predicted octanol–water partition coefficient (Wildman–Crippen LogP) is 1.27. The minimum Gasteiger partial charge on any atom is -0.352 e. The fourth-order valence-electron chi connectivity index (χ4n) is 2.32. The quantitative estimate of drug-likeness (QED) is 0.591. The second-order valence-electron chi connectivity index (χ2n) is 5.10. The number of nitrogens with one attached hydrogen (secondary N) is 1. The second-order valence-corrected chi connectivity index (χ2v) is 7.08. The van der Waals surface area contributed by atoms with E-state index >= 15 is 0 Å². The fraction of sp³-hybridized carbons (Fsp3) is 0.769. The van der Waals surface area contributed by atoms with Crippen LogP contribution in [-0.2, 0) is 14.8 Å². The minimum absolute atomic E-state index is 0.124. The van der Waals surface area contributed by atoms with E-state index in [9.17, 15) is 13.2 Å². The van der Waals surface area contributed by atoms with E-state index < -0.39 is 10.0 Å². The van der Waals surface area contributed by atoms with Crippen molar-refractivity contribution in [2.45, 2.75) is 44.6 Å². The highest BCUT2D eigenvalue weighted by atomic mass is 32.2. The minimum atomic E-state index is -3.37.